The molecule has 1 aromatic carbocycles. The summed E-state index contributed by atoms with van der Waals surface area (Å²) in [6.45, 7) is 4.20. The summed E-state index contributed by atoms with van der Waals surface area (Å²) < 4.78 is 4.98. The Balaban J connectivity index is 3.15. The van der Waals surface area contributed by atoms with Crippen LogP contribution in [0, 0.1) is 11.3 Å². The Kier molecular flexibility index (Phi) is 5.87. The minimum absolute atomic E-state index is 0.223. The Morgan fingerprint density at radius 1 is 1.39 bits per heavy atom. The molecule has 0 aliphatic carbocycles. The van der Waals surface area contributed by atoms with E-state index in [1.807, 2.05) is 19.1 Å². The zero-order valence-electron chi connectivity index (χ0n) is 10.6. The number of nitrogens with zero attached hydrogens (tertiary/aromatic N) is 1. The molecule has 0 N–H and O–H groups in total. The Labute approximate surface area is 116 Å². The van der Waals surface area contributed by atoms with Gasteiger partial charge in [0.1, 0.15) is 0 Å². The third kappa shape index (κ3) is 3.58. The van der Waals surface area contributed by atoms with Crippen LogP contribution in [0.2, 0.25) is 0 Å². The van der Waals surface area contributed by atoms with E-state index in [0.29, 0.717) is 17.5 Å². The van der Waals surface area contributed by atoms with Gasteiger partial charge in [-0.15, -0.1) is 0 Å². The van der Waals surface area contributed by atoms with Gasteiger partial charge >= 0.3 is 5.97 Å². The van der Waals surface area contributed by atoms with E-state index in [0.717, 1.165) is 23.1 Å². The Morgan fingerprint density at radius 3 is 2.56 bits per heavy atom. The van der Waals surface area contributed by atoms with Crippen LogP contribution in [0.5, 0.6) is 0 Å². The van der Waals surface area contributed by atoms with Gasteiger partial charge in [0.2, 0.25) is 0 Å². The van der Waals surface area contributed by atoms with Gasteiger partial charge in [0.15, 0.2) is 0 Å². The first-order valence-electron chi connectivity index (χ1n) is 5.92. The summed E-state index contributed by atoms with van der Waals surface area (Å²) in [6, 6.07) is 5.81. The summed E-state index contributed by atoms with van der Waals surface area (Å²) in [7, 11) is 0. The Bertz CT molecular complexity index is 452. The zero-order chi connectivity index (χ0) is 13.5. The van der Waals surface area contributed by atoms with Crippen LogP contribution in [0.3, 0.4) is 0 Å². The van der Waals surface area contributed by atoms with Crippen LogP contribution >= 0.6 is 15.9 Å². The van der Waals surface area contributed by atoms with Gasteiger partial charge in [0, 0.05) is 5.33 Å². The topological polar surface area (TPSA) is 50.1 Å². The predicted molar refractivity (Wildman–Crippen MR) is 73.5 cm³/mol. The number of carbonyl (C=O) groups excluding carboxylic acids is 1. The van der Waals surface area contributed by atoms with Crippen molar-refractivity contribution in [3.8, 4) is 6.07 Å². The van der Waals surface area contributed by atoms with Gasteiger partial charge in [-0.2, -0.15) is 5.26 Å². The van der Waals surface area contributed by atoms with Crippen molar-refractivity contribution < 1.29 is 9.53 Å². The standard InChI is InChI=1S/C14H16BrNO2/c1-3-11-5-10(9-16)6-12(8-15)13(11)7-14(17)18-4-2/h5-6H,3-4,7-8H2,1-2H3. The largest absolute Gasteiger partial charge is 0.466 e. The van der Waals surface area contributed by atoms with Crippen LogP contribution in [-0.4, -0.2) is 12.6 Å². The second kappa shape index (κ2) is 7.17. The van der Waals surface area contributed by atoms with E-state index in [1.54, 1.807) is 6.92 Å². The maximum absolute atomic E-state index is 11.6. The van der Waals surface area contributed by atoms with Crippen LogP contribution in [0.1, 0.15) is 36.1 Å². The number of alkyl halides is 1. The molecule has 0 heterocycles. The van der Waals surface area contributed by atoms with E-state index in [2.05, 4.69) is 22.0 Å². The number of hydrogen-bond donors (Lipinski definition) is 0. The Morgan fingerprint density at radius 2 is 2.06 bits per heavy atom. The lowest BCUT2D eigenvalue weighted by molar-refractivity contribution is -0.142. The summed E-state index contributed by atoms with van der Waals surface area (Å²) in [4.78, 5) is 11.6. The molecule has 0 saturated heterocycles. The van der Waals surface area contributed by atoms with Crippen molar-refractivity contribution in [2.24, 2.45) is 0 Å². The van der Waals surface area contributed by atoms with Crippen molar-refractivity contribution in [1.29, 1.82) is 5.26 Å². The highest BCUT2D eigenvalue weighted by Gasteiger charge is 2.13. The first-order chi connectivity index (χ1) is 8.65. The molecular weight excluding hydrogens is 294 g/mol. The highest BCUT2D eigenvalue weighted by atomic mass is 79.9. The Hall–Kier alpha value is -1.34. The number of benzene rings is 1. The minimum Gasteiger partial charge on any atom is -0.466 e. The molecule has 4 heteroatoms. The van der Waals surface area contributed by atoms with Crippen LogP contribution in [0.25, 0.3) is 0 Å². The molecule has 1 rings (SSSR count). The number of ether oxygens (including phenoxy) is 1. The van der Waals surface area contributed by atoms with Gasteiger partial charge in [-0.1, -0.05) is 22.9 Å². The average molecular weight is 310 g/mol. The van der Waals surface area contributed by atoms with Crippen molar-refractivity contribution >= 4 is 21.9 Å². The molecule has 0 bridgehead atoms. The molecule has 18 heavy (non-hydrogen) atoms. The fraction of sp³-hybridized carbons (Fsp3) is 0.429. The van der Waals surface area contributed by atoms with E-state index < -0.39 is 0 Å². The fourth-order valence-electron chi connectivity index (χ4n) is 1.88. The minimum atomic E-state index is -0.223. The SMILES string of the molecule is CCOC(=O)Cc1c(CC)cc(C#N)cc1CBr. The molecule has 0 aromatic heterocycles. The van der Waals surface area contributed by atoms with Crippen molar-refractivity contribution in [3.63, 3.8) is 0 Å². The molecule has 0 fully saturated rings. The van der Waals surface area contributed by atoms with Gasteiger partial charge in [-0.25, -0.2) is 0 Å². The first-order valence-corrected chi connectivity index (χ1v) is 7.04. The molecule has 3 nitrogen and oxygen atoms in total. The monoisotopic (exact) mass is 309 g/mol. The lowest BCUT2D eigenvalue weighted by atomic mass is 9.95. The third-order valence-electron chi connectivity index (χ3n) is 2.72. The van der Waals surface area contributed by atoms with Crippen LogP contribution in [-0.2, 0) is 27.7 Å². The van der Waals surface area contributed by atoms with Gasteiger partial charge in [0.25, 0.3) is 0 Å². The number of halogens is 1. The predicted octanol–water partition coefficient (Wildman–Crippen LogP) is 3.12. The van der Waals surface area contributed by atoms with Gasteiger partial charge < -0.3 is 4.74 Å². The molecule has 0 unspecified atom stereocenters. The second-order valence-corrected chi connectivity index (χ2v) is 4.41. The molecule has 0 spiro atoms. The van der Waals surface area contributed by atoms with Crippen molar-refractivity contribution in [3.05, 3.63) is 34.4 Å². The second-order valence-electron chi connectivity index (χ2n) is 3.85. The lowest BCUT2D eigenvalue weighted by Crippen LogP contribution is -2.11. The summed E-state index contributed by atoms with van der Waals surface area (Å²) in [5, 5.41) is 9.61. The van der Waals surface area contributed by atoms with Crippen LogP contribution in [0.15, 0.2) is 12.1 Å². The highest BCUT2D eigenvalue weighted by Crippen LogP contribution is 2.22. The molecule has 1 aromatic rings. The van der Waals surface area contributed by atoms with E-state index in [9.17, 15) is 4.79 Å². The first kappa shape index (κ1) is 14.7. The van der Waals surface area contributed by atoms with Crippen molar-refractivity contribution in [1.82, 2.24) is 0 Å². The summed E-state index contributed by atoms with van der Waals surface area (Å²) >= 11 is 3.40. The number of carbonyl (C=O) groups is 1. The molecule has 96 valence electrons. The number of esters is 1. The van der Waals surface area contributed by atoms with Gasteiger partial charge in [-0.3, -0.25) is 4.79 Å². The van der Waals surface area contributed by atoms with Crippen LogP contribution in [0.4, 0.5) is 0 Å². The summed E-state index contributed by atoms with van der Waals surface area (Å²) in [5.41, 5.74) is 3.64. The maximum atomic E-state index is 11.6. The van der Waals surface area contributed by atoms with E-state index >= 15 is 0 Å². The molecule has 0 amide bonds. The summed E-state index contributed by atoms with van der Waals surface area (Å²) in [5.74, 6) is -0.223. The lowest BCUT2D eigenvalue weighted by Gasteiger charge is -2.13. The molecule has 0 radical (unpaired) electrons. The number of rotatable bonds is 5. The molecule has 0 aliphatic heterocycles. The smallest absolute Gasteiger partial charge is 0.310 e. The van der Waals surface area contributed by atoms with Crippen molar-refractivity contribution in [2.75, 3.05) is 6.61 Å². The molecular formula is C14H16BrNO2. The fourth-order valence-corrected chi connectivity index (χ4v) is 2.38. The maximum Gasteiger partial charge on any atom is 0.310 e. The third-order valence-corrected chi connectivity index (χ3v) is 3.32. The molecule has 0 saturated carbocycles. The normalized spacial score (nSPS) is 9.89. The number of aryl methyl sites for hydroxylation is 1. The number of hydrogen-bond acceptors (Lipinski definition) is 3. The van der Waals surface area contributed by atoms with E-state index in [-0.39, 0.29) is 12.4 Å². The quantitative estimate of drug-likeness (QED) is 0.620. The average Bonchev–Trinajstić information content (AvgIpc) is 2.39. The highest BCUT2D eigenvalue weighted by molar-refractivity contribution is 9.08. The molecule has 0 atom stereocenters. The van der Waals surface area contributed by atoms with Gasteiger partial charge in [0.05, 0.1) is 24.7 Å². The van der Waals surface area contributed by atoms with Crippen molar-refractivity contribution in [2.45, 2.75) is 32.0 Å². The van der Waals surface area contributed by atoms with E-state index in [1.165, 1.54) is 0 Å². The van der Waals surface area contributed by atoms with Gasteiger partial charge in [-0.05, 0) is 42.2 Å². The van der Waals surface area contributed by atoms with E-state index in [4.69, 9.17) is 10.00 Å². The van der Waals surface area contributed by atoms with Crippen LogP contribution < -0.4 is 0 Å². The summed E-state index contributed by atoms with van der Waals surface area (Å²) in [6.07, 6.45) is 1.06. The molecule has 0 aliphatic rings. The zero-order valence-corrected chi connectivity index (χ0v) is 12.2. The number of nitriles is 1.